The molecule has 0 unspecified atom stereocenters. The minimum absolute atomic E-state index is 0.0684. The number of hydrogen-bond donors (Lipinski definition) is 2. The van der Waals surface area contributed by atoms with E-state index in [0.29, 0.717) is 50.6 Å². The summed E-state index contributed by atoms with van der Waals surface area (Å²) in [6, 6.07) is 9.99. The lowest BCUT2D eigenvalue weighted by molar-refractivity contribution is -0.145. The Morgan fingerprint density at radius 2 is 1.68 bits per heavy atom. The van der Waals surface area contributed by atoms with E-state index in [1.807, 2.05) is 41.8 Å². The molecule has 0 radical (unpaired) electrons. The molecule has 3 amide bonds. The van der Waals surface area contributed by atoms with Crippen LogP contribution < -0.4 is 15.5 Å². The first-order valence-corrected chi connectivity index (χ1v) is 12.6. The molecule has 0 aliphatic carbocycles. The summed E-state index contributed by atoms with van der Waals surface area (Å²) in [6.45, 7) is 6.44. The van der Waals surface area contributed by atoms with Gasteiger partial charge in [-0.1, -0.05) is 12.1 Å². The number of carbonyl (C=O) groups is 3. The molecule has 4 rings (SSSR count). The van der Waals surface area contributed by atoms with Gasteiger partial charge in [0.25, 0.3) is 0 Å². The Labute approximate surface area is 219 Å². The van der Waals surface area contributed by atoms with E-state index in [4.69, 9.17) is 0 Å². The van der Waals surface area contributed by atoms with Crippen molar-refractivity contribution in [2.45, 2.75) is 32.5 Å². The summed E-state index contributed by atoms with van der Waals surface area (Å²) in [5, 5.41) is 5.56. The average molecular weight is 532 g/mol. The number of amides is 3. The minimum Gasteiger partial charge on any atom is -0.369 e. The van der Waals surface area contributed by atoms with E-state index in [-0.39, 0.29) is 30.7 Å². The normalized spacial score (nSPS) is 18.8. The van der Waals surface area contributed by atoms with Crippen LogP contribution >= 0.6 is 0 Å². The van der Waals surface area contributed by atoms with Crippen molar-refractivity contribution < 1.29 is 27.6 Å². The van der Waals surface area contributed by atoms with E-state index in [9.17, 15) is 27.6 Å². The van der Waals surface area contributed by atoms with Crippen LogP contribution in [0.15, 0.2) is 42.5 Å². The van der Waals surface area contributed by atoms with Gasteiger partial charge in [0.15, 0.2) is 0 Å². The Hall–Kier alpha value is -3.60. The van der Waals surface area contributed by atoms with Gasteiger partial charge in [-0.25, -0.2) is 0 Å². The fourth-order valence-electron chi connectivity index (χ4n) is 4.98. The number of hydrogen-bond acceptors (Lipinski definition) is 5. The molecule has 0 saturated carbocycles. The van der Waals surface area contributed by atoms with E-state index in [0.717, 1.165) is 23.3 Å². The van der Waals surface area contributed by atoms with Gasteiger partial charge in [0.2, 0.25) is 17.7 Å². The van der Waals surface area contributed by atoms with Gasteiger partial charge in [-0.15, -0.1) is 0 Å². The van der Waals surface area contributed by atoms with E-state index < -0.39 is 17.8 Å². The molecule has 11 heteroatoms. The lowest BCUT2D eigenvalue weighted by Gasteiger charge is -2.39. The highest BCUT2D eigenvalue weighted by atomic mass is 19.4. The molecule has 2 aromatic rings. The van der Waals surface area contributed by atoms with Crippen molar-refractivity contribution in [3.05, 3.63) is 59.2 Å². The highest BCUT2D eigenvalue weighted by molar-refractivity contribution is 5.97. The zero-order chi connectivity index (χ0) is 27.4. The van der Waals surface area contributed by atoms with Crippen molar-refractivity contribution in [3.8, 4) is 0 Å². The molecule has 0 spiro atoms. The molecule has 1 atom stereocenters. The fourth-order valence-corrected chi connectivity index (χ4v) is 4.98. The quantitative estimate of drug-likeness (QED) is 0.599. The molecule has 204 valence electrons. The van der Waals surface area contributed by atoms with Crippen LogP contribution in [0.2, 0.25) is 0 Å². The van der Waals surface area contributed by atoms with Crippen LogP contribution in [0.4, 0.5) is 24.5 Å². The van der Waals surface area contributed by atoms with Crippen LogP contribution in [-0.4, -0.2) is 79.4 Å². The number of benzene rings is 2. The summed E-state index contributed by atoms with van der Waals surface area (Å²) in [5.74, 6) is -0.976. The third-order valence-electron chi connectivity index (χ3n) is 6.81. The first-order chi connectivity index (χ1) is 18.0. The van der Waals surface area contributed by atoms with Crippen LogP contribution in [0.5, 0.6) is 0 Å². The molecular formula is C27H32F3N5O3. The molecule has 2 saturated heterocycles. The van der Waals surface area contributed by atoms with Gasteiger partial charge < -0.3 is 20.4 Å². The summed E-state index contributed by atoms with van der Waals surface area (Å²) in [5.41, 5.74) is 2.44. The number of piperazine rings is 2. The number of halogens is 3. The Morgan fingerprint density at radius 3 is 2.34 bits per heavy atom. The van der Waals surface area contributed by atoms with Crippen molar-refractivity contribution in [1.82, 2.24) is 15.1 Å². The van der Waals surface area contributed by atoms with Gasteiger partial charge in [-0.05, 0) is 55.3 Å². The Bertz CT molecular complexity index is 1170. The van der Waals surface area contributed by atoms with E-state index in [2.05, 4.69) is 10.6 Å². The molecule has 0 bridgehead atoms. The predicted molar refractivity (Wildman–Crippen MR) is 138 cm³/mol. The van der Waals surface area contributed by atoms with Gasteiger partial charge >= 0.3 is 6.18 Å². The summed E-state index contributed by atoms with van der Waals surface area (Å²) in [6.07, 6.45) is -4.56. The monoisotopic (exact) mass is 531 g/mol. The third kappa shape index (κ3) is 6.83. The van der Waals surface area contributed by atoms with Gasteiger partial charge in [-0.2, -0.15) is 13.2 Å². The first kappa shape index (κ1) is 27.4. The maximum Gasteiger partial charge on any atom is 0.416 e. The van der Waals surface area contributed by atoms with Gasteiger partial charge in [0, 0.05) is 50.6 Å². The molecule has 2 aliphatic heterocycles. The molecule has 2 aromatic carbocycles. The lowest BCUT2D eigenvalue weighted by Crippen LogP contribution is -2.60. The molecule has 38 heavy (non-hydrogen) atoms. The molecule has 2 aliphatic rings. The molecule has 2 heterocycles. The van der Waals surface area contributed by atoms with Crippen LogP contribution in [0.3, 0.4) is 0 Å². The van der Waals surface area contributed by atoms with E-state index in [1.54, 1.807) is 6.07 Å². The summed E-state index contributed by atoms with van der Waals surface area (Å²) in [4.78, 5) is 43.8. The van der Waals surface area contributed by atoms with Crippen LogP contribution in [-0.2, 0) is 20.6 Å². The summed E-state index contributed by atoms with van der Waals surface area (Å²) >= 11 is 0. The van der Waals surface area contributed by atoms with Crippen molar-refractivity contribution in [3.63, 3.8) is 0 Å². The second-order valence-electron chi connectivity index (χ2n) is 9.83. The van der Waals surface area contributed by atoms with Crippen LogP contribution in [0.1, 0.15) is 23.1 Å². The number of rotatable bonds is 6. The van der Waals surface area contributed by atoms with Gasteiger partial charge in [0.05, 0.1) is 18.5 Å². The molecule has 0 aromatic heterocycles. The molecule has 2 N–H and O–H groups in total. The Kier molecular flexibility index (Phi) is 8.25. The highest BCUT2D eigenvalue weighted by Crippen LogP contribution is 2.32. The zero-order valence-electron chi connectivity index (χ0n) is 21.5. The van der Waals surface area contributed by atoms with Crippen LogP contribution in [0, 0.1) is 13.8 Å². The Balaban J connectivity index is 1.33. The minimum atomic E-state index is -4.41. The number of alkyl halides is 3. The van der Waals surface area contributed by atoms with Crippen molar-refractivity contribution in [1.29, 1.82) is 0 Å². The smallest absolute Gasteiger partial charge is 0.369 e. The highest BCUT2D eigenvalue weighted by Gasteiger charge is 2.36. The second-order valence-corrected chi connectivity index (χ2v) is 9.83. The fraction of sp³-hybridized carbons (Fsp3) is 0.444. The molecule has 8 nitrogen and oxygen atoms in total. The lowest BCUT2D eigenvalue weighted by atomic mass is 10.1. The SMILES string of the molecule is Cc1cc(C)cc(NC(=O)C[C@@H]2C(=O)NCCN2C(=O)CN2CCN(c3cccc(C(F)(F)F)c3)CC2)c1. The van der Waals surface area contributed by atoms with Gasteiger partial charge in [-0.3, -0.25) is 19.3 Å². The number of nitrogens with zero attached hydrogens (tertiary/aromatic N) is 3. The molecule has 2 fully saturated rings. The van der Waals surface area contributed by atoms with E-state index >= 15 is 0 Å². The van der Waals surface area contributed by atoms with Gasteiger partial charge in [0.1, 0.15) is 6.04 Å². The predicted octanol–water partition coefficient (Wildman–Crippen LogP) is 2.80. The maximum absolute atomic E-state index is 13.2. The summed E-state index contributed by atoms with van der Waals surface area (Å²) < 4.78 is 39.2. The zero-order valence-corrected chi connectivity index (χ0v) is 21.5. The van der Waals surface area contributed by atoms with E-state index in [1.165, 1.54) is 11.0 Å². The average Bonchev–Trinajstić information content (AvgIpc) is 2.84. The third-order valence-corrected chi connectivity index (χ3v) is 6.81. The largest absolute Gasteiger partial charge is 0.416 e. The van der Waals surface area contributed by atoms with Crippen molar-refractivity contribution in [2.75, 3.05) is 56.0 Å². The number of aryl methyl sites for hydroxylation is 2. The van der Waals surface area contributed by atoms with Crippen molar-refractivity contribution >= 4 is 29.1 Å². The standard InChI is InChI=1S/C27H32F3N5O3/c1-18-12-19(2)14-21(13-18)32-24(36)16-23-26(38)31-6-7-35(23)25(37)17-33-8-10-34(11-9-33)22-5-3-4-20(15-22)27(28,29)30/h3-5,12-15,23H,6-11,16-17H2,1-2H3,(H,31,38)(H,32,36)/t23-/m1/s1. The van der Waals surface area contributed by atoms with Crippen molar-refractivity contribution in [2.24, 2.45) is 0 Å². The van der Waals surface area contributed by atoms with Crippen LogP contribution in [0.25, 0.3) is 0 Å². The number of nitrogens with one attached hydrogen (secondary N) is 2. The first-order valence-electron chi connectivity index (χ1n) is 12.6. The molecular weight excluding hydrogens is 499 g/mol. The number of anilines is 2. The Morgan fingerprint density at radius 1 is 1.00 bits per heavy atom. The maximum atomic E-state index is 13.2. The second kappa shape index (κ2) is 11.4. The number of carbonyl (C=O) groups excluding carboxylic acids is 3. The summed E-state index contributed by atoms with van der Waals surface area (Å²) in [7, 11) is 0. The topological polar surface area (TPSA) is 85.0 Å².